The monoisotopic (exact) mass is 616 g/mol. The van der Waals surface area contributed by atoms with E-state index < -0.39 is 0 Å². The Morgan fingerprint density at radius 2 is 1.19 bits per heavy atom. The van der Waals surface area contributed by atoms with Crippen LogP contribution in [0, 0.1) is 5.92 Å². The minimum atomic E-state index is 0.363. The molecular formula is C44H32N4. The number of para-hydroxylation sites is 2. The first-order chi connectivity index (χ1) is 23.8. The molecule has 1 atom stereocenters. The lowest BCUT2D eigenvalue weighted by Gasteiger charge is -2.26. The average Bonchev–Trinajstić information content (AvgIpc) is 3.14. The third kappa shape index (κ3) is 5.12. The average molecular weight is 617 g/mol. The molecular weight excluding hydrogens is 585 g/mol. The summed E-state index contributed by atoms with van der Waals surface area (Å²) in [5.74, 6) is 1.06. The fourth-order valence-corrected chi connectivity index (χ4v) is 7.12. The Bertz CT molecular complexity index is 2440. The van der Waals surface area contributed by atoms with Gasteiger partial charge in [0.1, 0.15) is 0 Å². The quantitative estimate of drug-likeness (QED) is 0.198. The van der Waals surface area contributed by atoms with Crippen LogP contribution in [0.15, 0.2) is 157 Å². The number of pyridine rings is 1. The molecule has 0 amide bonds. The van der Waals surface area contributed by atoms with Crippen LogP contribution in [0.4, 0.5) is 5.69 Å². The van der Waals surface area contributed by atoms with Crippen molar-refractivity contribution in [1.82, 2.24) is 15.0 Å². The second-order valence-corrected chi connectivity index (χ2v) is 12.5. The summed E-state index contributed by atoms with van der Waals surface area (Å²) in [5, 5.41) is 2.13. The van der Waals surface area contributed by atoms with E-state index in [1.807, 2.05) is 12.1 Å². The van der Waals surface area contributed by atoms with Crippen molar-refractivity contribution in [3.8, 4) is 45.0 Å². The lowest BCUT2D eigenvalue weighted by Crippen LogP contribution is -2.20. The van der Waals surface area contributed by atoms with Crippen LogP contribution < -0.4 is 0 Å². The molecule has 0 saturated carbocycles. The van der Waals surface area contributed by atoms with Crippen molar-refractivity contribution in [3.63, 3.8) is 0 Å². The first-order valence-corrected chi connectivity index (χ1v) is 16.7. The minimum absolute atomic E-state index is 0.363. The van der Waals surface area contributed by atoms with E-state index in [-0.39, 0.29) is 0 Å². The van der Waals surface area contributed by atoms with E-state index in [0.717, 1.165) is 86.1 Å². The number of rotatable bonds is 4. The van der Waals surface area contributed by atoms with E-state index in [4.69, 9.17) is 19.9 Å². The fraction of sp³-hybridized carbons (Fsp3) is 0.0909. The fourth-order valence-electron chi connectivity index (χ4n) is 7.12. The molecule has 1 aliphatic carbocycles. The van der Waals surface area contributed by atoms with E-state index in [1.54, 1.807) is 0 Å². The lowest BCUT2D eigenvalue weighted by molar-refractivity contribution is 0.624. The predicted octanol–water partition coefficient (Wildman–Crippen LogP) is 11.0. The summed E-state index contributed by atoms with van der Waals surface area (Å²) < 4.78 is 0. The molecule has 5 aromatic carbocycles. The van der Waals surface area contributed by atoms with Gasteiger partial charge in [-0.05, 0) is 60.7 Å². The number of nitrogens with zero attached hydrogens (tertiary/aromatic N) is 4. The Balaban J connectivity index is 1.19. The van der Waals surface area contributed by atoms with Gasteiger partial charge in [0, 0.05) is 44.7 Å². The zero-order chi connectivity index (χ0) is 31.9. The lowest BCUT2D eigenvalue weighted by atomic mass is 9.83. The molecule has 1 unspecified atom stereocenters. The molecule has 2 aliphatic rings. The smallest absolute Gasteiger partial charge is 0.160 e. The number of fused-ring (bicyclic) bond motifs is 5. The first kappa shape index (κ1) is 28.2. The van der Waals surface area contributed by atoms with Gasteiger partial charge in [-0.3, -0.25) is 4.99 Å². The van der Waals surface area contributed by atoms with Crippen LogP contribution in [0.1, 0.15) is 18.4 Å². The van der Waals surface area contributed by atoms with Gasteiger partial charge < -0.3 is 0 Å². The molecule has 0 saturated heterocycles. The van der Waals surface area contributed by atoms with Crippen molar-refractivity contribution in [2.24, 2.45) is 10.9 Å². The highest BCUT2D eigenvalue weighted by atomic mass is 14.9. The van der Waals surface area contributed by atoms with E-state index in [1.165, 1.54) is 11.1 Å². The van der Waals surface area contributed by atoms with Crippen molar-refractivity contribution in [3.05, 3.63) is 157 Å². The minimum Gasteiger partial charge on any atom is -0.252 e. The summed E-state index contributed by atoms with van der Waals surface area (Å²) in [4.78, 5) is 20.9. The Labute approximate surface area is 279 Å². The molecule has 228 valence electrons. The molecule has 7 aromatic rings. The van der Waals surface area contributed by atoms with Gasteiger partial charge in [-0.15, -0.1) is 0 Å². The van der Waals surface area contributed by atoms with Gasteiger partial charge in [-0.25, -0.2) is 15.0 Å². The van der Waals surface area contributed by atoms with E-state index in [0.29, 0.717) is 11.7 Å². The zero-order valence-corrected chi connectivity index (χ0v) is 26.4. The Morgan fingerprint density at radius 1 is 0.521 bits per heavy atom. The number of aromatic nitrogens is 3. The van der Waals surface area contributed by atoms with Crippen LogP contribution in [-0.4, -0.2) is 20.7 Å². The Hall–Kier alpha value is -6.00. The van der Waals surface area contributed by atoms with Gasteiger partial charge in [0.2, 0.25) is 0 Å². The first-order valence-electron chi connectivity index (χ1n) is 16.7. The van der Waals surface area contributed by atoms with Crippen LogP contribution in [0.5, 0.6) is 0 Å². The molecule has 0 N–H and O–H groups in total. The van der Waals surface area contributed by atoms with Gasteiger partial charge in [-0.1, -0.05) is 121 Å². The number of benzene rings is 5. The second-order valence-electron chi connectivity index (χ2n) is 12.5. The number of allylic oxidation sites excluding steroid dienone is 4. The number of hydrogen-bond acceptors (Lipinski definition) is 4. The van der Waals surface area contributed by atoms with E-state index in [2.05, 4.69) is 140 Å². The summed E-state index contributed by atoms with van der Waals surface area (Å²) in [6.07, 6.45) is 11.7. The van der Waals surface area contributed by atoms with Gasteiger partial charge >= 0.3 is 0 Å². The maximum absolute atomic E-state index is 5.30. The molecule has 0 spiro atoms. The Kier molecular flexibility index (Phi) is 7.05. The van der Waals surface area contributed by atoms with Crippen molar-refractivity contribution in [1.29, 1.82) is 0 Å². The van der Waals surface area contributed by atoms with Crippen LogP contribution in [0.25, 0.3) is 66.8 Å². The van der Waals surface area contributed by atoms with Crippen LogP contribution in [0.3, 0.4) is 0 Å². The molecule has 0 fully saturated rings. The normalized spacial score (nSPS) is 16.8. The van der Waals surface area contributed by atoms with E-state index >= 15 is 0 Å². The summed E-state index contributed by atoms with van der Waals surface area (Å²) in [5.41, 5.74) is 12.6. The van der Waals surface area contributed by atoms with Crippen molar-refractivity contribution >= 4 is 33.2 Å². The highest BCUT2D eigenvalue weighted by Gasteiger charge is 2.27. The maximum Gasteiger partial charge on any atom is 0.160 e. The van der Waals surface area contributed by atoms with Crippen molar-refractivity contribution in [2.45, 2.75) is 19.3 Å². The molecule has 48 heavy (non-hydrogen) atoms. The van der Waals surface area contributed by atoms with Crippen LogP contribution >= 0.6 is 0 Å². The van der Waals surface area contributed by atoms with Crippen LogP contribution in [0.2, 0.25) is 0 Å². The van der Waals surface area contributed by atoms with Gasteiger partial charge in [0.05, 0.1) is 28.1 Å². The molecule has 4 heteroatoms. The highest BCUT2D eigenvalue weighted by molar-refractivity contribution is 6.06. The van der Waals surface area contributed by atoms with Gasteiger partial charge in [0.25, 0.3) is 0 Å². The molecule has 0 radical (unpaired) electrons. The third-order valence-electron chi connectivity index (χ3n) is 9.51. The molecule has 0 bridgehead atoms. The molecule has 3 heterocycles. The SMILES string of the molecule is C1=C\CCC2Cc3c(-c4cccc(-c5nc(-c6cccc(-c7ccccc7)c6)c6ccccc6n5)c4)nc4ccccc4c3N=C2\C=C/1. The summed E-state index contributed by atoms with van der Waals surface area (Å²) >= 11 is 0. The molecule has 4 nitrogen and oxygen atoms in total. The second kappa shape index (κ2) is 12.0. The molecule has 1 aliphatic heterocycles. The van der Waals surface area contributed by atoms with Crippen molar-refractivity contribution < 1.29 is 0 Å². The van der Waals surface area contributed by atoms with E-state index in [9.17, 15) is 0 Å². The largest absolute Gasteiger partial charge is 0.252 e. The predicted molar refractivity (Wildman–Crippen MR) is 198 cm³/mol. The standard InChI is InChI=1S/C44H32N4/c1-2-7-23-38-31(16-4-1)28-37-42(46-39-24-10-9-22-36(39)43(37)45-38)33-19-13-20-34(27-33)44-47-40-25-11-8-21-35(40)41(48-44)32-18-12-17-30(26-32)29-14-5-3-6-15-29/h1-3,5-15,17-27,31H,4,16,28H2/b2-1-,23-7-. The maximum atomic E-state index is 5.30. The topological polar surface area (TPSA) is 51.0 Å². The summed E-state index contributed by atoms with van der Waals surface area (Å²) in [6.45, 7) is 0. The van der Waals surface area contributed by atoms with Gasteiger partial charge in [-0.2, -0.15) is 0 Å². The Morgan fingerprint density at radius 3 is 2.04 bits per heavy atom. The third-order valence-corrected chi connectivity index (χ3v) is 9.51. The summed E-state index contributed by atoms with van der Waals surface area (Å²) in [7, 11) is 0. The van der Waals surface area contributed by atoms with Crippen molar-refractivity contribution in [2.75, 3.05) is 0 Å². The summed E-state index contributed by atoms with van der Waals surface area (Å²) in [6, 6.07) is 44.3. The van der Waals surface area contributed by atoms with Gasteiger partial charge in [0.15, 0.2) is 5.82 Å². The number of hydrogen-bond donors (Lipinski definition) is 0. The highest BCUT2D eigenvalue weighted by Crippen LogP contribution is 2.42. The number of aliphatic imine (C=N–C) groups is 1. The zero-order valence-electron chi connectivity index (χ0n) is 26.4. The molecule has 9 rings (SSSR count). The van der Waals surface area contributed by atoms with Crippen LogP contribution in [-0.2, 0) is 6.42 Å². The molecule has 2 aromatic heterocycles.